The van der Waals surface area contributed by atoms with Gasteiger partial charge in [-0.2, -0.15) is 13.2 Å². The highest BCUT2D eigenvalue weighted by molar-refractivity contribution is 5.28. The van der Waals surface area contributed by atoms with Crippen LogP contribution in [0, 0.1) is 0 Å². The van der Waals surface area contributed by atoms with Crippen LogP contribution in [0.25, 0.3) is 0 Å². The third-order valence-electron chi connectivity index (χ3n) is 2.97. The Morgan fingerprint density at radius 3 is 2.75 bits per heavy atom. The van der Waals surface area contributed by atoms with Crippen molar-refractivity contribution < 1.29 is 13.2 Å². The van der Waals surface area contributed by atoms with Crippen LogP contribution in [0.1, 0.15) is 36.4 Å². The molecule has 1 unspecified atom stereocenters. The lowest BCUT2D eigenvalue weighted by Crippen LogP contribution is -2.16. The molecule has 1 aromatic rings. The van der Waals surface area contributed by atoms with Crippen LogP contribution in [0.4, 0.5) is 13.2 Å². The summed E-state index contributed by atoms with van der Waals surface area (Å²) in [6.07, 6.45) is 2.75. The van der Waals surface area contributed by atoms with Gasteiger partial charge < -0.3 is 10.3 Å². The zero-order valence-corrected chi connectivity index (χ0v) is 8.93. The summed E-state index contributed by atoms with van der Waals surface area (Å²) in [5.74, 6) is 0. The molecule has 2 rings (SSSR count). The molecule has 1 heterocycles. The standard InChI is InChI=1S/C11H15F3N2/c12-11(13,14)7-16-5-8-3-1-2-4-10(15)9(8)6-16/h5-6,10H,1-4,7,15H2. The molecule has 0 bridgehead atoms. The lowest BCUT2D eigenvalue weighted by molar-refractivity contribution is -0.140. The van der Waals surface area contributed by atoms with E-state index in [4.69, 9.17) is 5.73 Å². The summed E-state index contributed by atoms with van der Waals surface area (Å²) < 4.78 is 37.9. The van der Waals surface area contributed by atoms with Crippen LogP contribution in [0.5, 0.6) is 0 Å². The van der Waals surface area contributed by atoms with Gasteiger partial charge in [0.15, 0.2) is 0 Å². The SMILES string of the molecule is NC1CCCCc2cn(CC(F)(F)F)cc21. The molecule has 5 heteroatoms. The monoisotopic (exact) mass is 232 g/mol. The molecule has 0 aliphatic heterocycles. The zero-order valence-electron chi connectivity index (χ0n) is 8.93. The smallest absolute Gasteiger partial charge is 0.345 e. The molecule has 2 nitrogen and oxygen atoms in total. The number of aryl methyl sites for hydroxylation is 1. The number of rotatable bonds is 1. The molecule has 90 valence electrons. The molecule has 16 heavy (non-hydrogen) atoms. The zero-order chi connectivity index (χ0) is 11.8. The Labute approximate surface area is 92.2 Å². The minimum atomic E-state index is -4.16. The second kappa shape index (κ2) is 4.13. The predicted octanol–water partition coefficient (Wildman–Crippen LogP) is 2.78. The Balaban J connectivity index is 2.22. The van der Waals surface area contributed by atoms with Gasteiger partial charge >= 0.3 is 6.18 Å². The molecular formula is C11H15F3N2. The maximum absolute atomic E-state index is 12.2. The van der Waals surface area contributed by atoms with Crippen LogP contribution in [-0.2, 0) is 13.0 Å². The van der Waals surface area contributed by atoms with E-state index in [9.17, 15) is 13.2 Å². The molecule has 0 spiro atoms. The highest BCUT2D eigenvalue weighted by Crippen LogP contribution is 2.29. The van der Waals surface area contributed by atoms with E-state index in [-0.39, 0.29) is 6.04 Å². The number of fused-ring (bicyclic) bond motifs is 1. The van der Waals surface area contributed by atoms with Gasteiger partial charge in [0.2, 0.25) is 0 Å². The van der Waals surface area contributed by atoms with E-state index in [1.807, 2.05) is 0 Å². The van der Waals surface area contributed by atoms with Crippen molar-refractivity contribution in [3.8, 4) is 0 Å². The summed E-state index contributed by atoms with van der Waals surface area (Å²) in [6.45, 7) is -0.924. The van der Waals surface area contributed by atoms with Crippen molar-refractivity contribution in [2.24, 2.45) is 5.73 Å². The number of hydrogen-bond acceptors (Lipinski definition) is 1. The van der Waals surface area contributed by atoms with Crippen LogP contribution in [0.15, 0.2) is 12.4 Å². The van der Waals surface area contributed by atoms with Crippen molar-refractivity contribution >= 4 is 0 Å². The molecule has 1 aromatic heterocycles. The lowest BCUT2D eigenvalue weighted by atomic mass is 10.1. The summed E-state index contributed by atoms with van der Waals surface area (Å²) in [4.78, 5) is 0. The normalized spacial score (nSPS) is 21.6. The van der Waals surface area contributed by atoms with Crippen LogP contribution >= 0.6 is 0 Å². The Morgan fingerprint density at radius 2 is 2.06 bits per heavy atom. The molecule has 0 amide bonds. The van der Waals surface area contributed by atoms with Crippen LogP contribution in [-0.4, -0.2) is 10.7 Å². The minimum Gasteiger partial charge on any atom is -0.345 e. The van der Waals surface area contributed by atoms with Gasteiger partial charge in [0, 0.05) is 18.4 Å². The van der Waals surface area contributed by atoms with Gasteiger partial charge in [0.25, 0.3) is 0 Å². The average molecular weight is 232 g/mol. The van der Waals surface area contributed by atoms with E-state index < -0.39 is 12.7 Å². The van der Waals surface area contributed by atoms with Gasteiger partial charge in [0.05, 0.1) is 0 Å². The second-order valence-electron chi connectivity index (χ2n) is 4.38. The predicted molar refractivity (Wildman–Crippen MR) is 55.0 cm³/mol. The third kappa shape index (κ3) is 2.58. The van der Waals surface area contributed by atoms with E-state index in [0.717, 1.165) is 36.8 Å². The molecule has 0 radical (unpaired) electrons. The van der Waals surface area contributed by atoms with E-state index >= 15 is 0 Å². The van der Waals surface area contributed by atoms with E-state index in [1.54, 1.807) is 12.4 Å². The molecule has 0 saturated carbocycles. The number of halogens is 3. The second-order valence-corrected chi connectivity index (χ2v) is 4.38. The van der Waals surface area contributed by atoms with E-state index in [0.29, 0.717) is 0 Å². The van der Waals surface area contributed by atoms with Crippen LogP contribution < -0.4 is 5.73 Å². The average Bonchev–Trinajstić information content (AvgIpc) is 2.45. The Bertz CT molecular complexity index is 368. The highest BCUT2D eigenvalue weighted by atomic mass is 19.4. The van der Waals surface area contributed by atoms with E-state index in [1.165, 1.54) is 4.57 Å². The molecule has 0 fully saturated rings. The molecule has 0 aromatic carbocycles. The van der Waals surface area contributed by atoms with Gasteiger partial charge in [-0.05, 0) is 30.4 Å². The van der Waals surface area contributed by atoms with Crippen molar-refractivity contribution in [2.75, 3.05) is 0 Å². The minimum absolute atomic E-state index is 0.105. The van der Waals surface area contributed by atoms with Gasteiger partial charge in [-0.1, -0.05) is 6.42 Å². The van der Waals surface area contributed by atoms with Crippen molar-refractivity contribution in [3.05, 3.63) is 23.5 Å². The fourth-order valence-corrected chi connectivity index (χ4v) is 2.25. The Morgan fingerprint density at radius 1 is 1.31 bits per heavy atom. The van der Waals surface area contributed by atoms with Gasteiger partial charge in [0.1, 0.15) is 6.54 Å². The topological polar surface area (TPSA) is 30.9 Å². The van der Waals surface area contributed by atoms with Crippen molar-refractivity contribution in [2.45, 2.75) is 44.4 Å². The maximum atomic E-state index is 12.2. The van der Waals surface area contributed by atoms with Crippen LogP contribution in [0.3, 0.4) is 0 Å². The first-order chi connectivity index (χ1) is 7.46. The van der Waals surface area contributed by atoms with Crippen molar-refractivity contribution in [3.63, 3.8) is 0 Å². The fourth-order valence-electron chi connectivity index (χ4n) is 2.25. The highest BCUT2D eigenvalue weighted by Gasteiger charge is 2.28. The third-order valence-corrected chi connectivity index (χ3v) is 2.97. The van der Waals surface area contributed by atoms with Gasteiger partial charge in [-0.25, -0.2) is 0 Å². The molecule has 1 aliphatic rings. The number of nitrogens with zero attached hydrogens (tertiary/aromatic N) is 1. The summed E-state index contributed by atoms with van der Waals surface area (Å²) in [5.41, 5.74) is 7.80. The Kier molecular flexibility index (Phi) is 2.97. The molecule has 0 saturated heterocycles. The number of hydrogen-bond donors (Lipinski definition) is 1. The van der Waals surface area contributed by atoms with Gasteiger partial charge in [-0.3, -0.25) is 0 Å². The lowest BCUT2D eigenvalue weighted by Gasteiger charge is -2.08. The Hall–Kier alpha value is -0.970. The van der Waals surface area contributed by atoms with Crippen molar-refractivity contribution in [1.29, 1.82) is 0 Å². The van der Waals surface area contributed by atoms with Crippen LogP contribution in [0.2, 0.25) is 0 Å². The fraction of sp³-hybridized carbons (Fsp3) is 0.636. The van der Waals surface area contributed by atoms with Gasteiger partial charge in [-0.15, -0.1) is 0 Å². The maximum Gasteiger partial charge on any atom is 0.406 e. The molecule has 1 atom stereocenters. The molecular weight excluding hydrogens is 217 g/mol. The summed E-state index contributed by atoms with van der Waals surface area (Å²) in [7, 11) is 0. The quantitative estimate of drug-likeness (QED) is 0.741. The summed E-state index contributed by atoms with van der Waals surface area (Å²) in [6, 6.07) is -0.105. The number of nitrogens with two attached hydrogens (primary N) is 1. The number of alkyl halides is 3. The first-order valence-corrected chi connectivity index (χ1v) is 5.46. The van der Waals surface area contributed by atoms with E-state index in [2.05, 4.69) is 0 Å². The number of aromatic nitrogens is 1. The first-order valence-electron chi connectivity index (χ1n) is 5.46. The largest absolute Gasteiger partial charge is 0.406 e. The summed E-state index contributed by atoms with van der Waals surface area (Å²) in [5, 5.41) is 0. The molecule has 1 aliphatic carbocycles. The van der Waals surface area contributed by atoms with Crippen molar-refractivity contribution in [1.82, 2.24) is 4.57 Å². The molecule has 2 N–H and O–H groups in total. The first kappa shape index (κ1) is 11.5. The summed E-state index contributed by atoms with van der Waals surface area (Å²) >= 11 is 0.